The molecule has 0 spiro atoms. The lowest BCUT2D eigenvalue weighted by atomic mass is 10.2. The number of unbranched alkanes of at least 4 members (excludes halogenated alkanes) is 1. The number of benzene rings is 1. The van der Waals surface area contributed by atoms with Crippen LogP contribution in [0.25, 0.3) is 0 Å². The summed E-state index contributed by atoms with van der Waals surface area (Å²) < 4.78 is 17.3. The van der Waals surface area contributed by atoms with E-state index in [1.54, 1.807) is 7.05 Å². The van der Waals surface area contributed by atoms with Crippen molar-refractivity contribution in [2.24, 2.45) is 4.99 Å². The molecule has 1 rings (SSSR count). The molecule has 1 unspecified atom stereocenters. The van der Waals surface area contributed by atoms with Crippen molar-refractivity contribution in [3.63, 3.8) is 0 Å². The number of guanidine groups is 1. The highest BCUT2D eigenvalue weighted by molar-refractivity contribution is 7.84. The third-order valence-electron chi connectivity index (χ3n) is 3.23. The van der Waals surface area contributed by atoms with E-state index in [-0.39, 0.29) is 0 Å². The molecule has 1 atom stereocenters. The van der Waals surface area contributed by atoms with Gasteiger partial charge < -0.3 is 15.4 Å². The average molecular weight is 340 g/mol. The Balaban J connectivity index is 2.11. The second kappa shape index (κ2) is 13.1. The molecule has 0 aliphatic carbocycles. The van der Waals surface area contributed by atoms with E-state index in [9.17, 15) is 4.21 Å². The maximum atomic E-state index is 12.0. The normalized spacial score (nSPS) is 12.9. The van der Waals surface area contributed by atoms with Gasteiger partial charge in [0.15, 0.2) is 5.96 Å². The number of aliphatic imine (C=N–C) groups is 1. The average Bonchev–Trinajstić information content (AvgIpc) is 2.57. The second-order valence-electron chi connectivity index (χ2n) is 5.10. The Kier molecular flexibility index (Phi) is 11.2. The van der Waals surface area contributed by atoms with Crippen LogP contribution >= 0.6 is 0 Å². The van der Waals surface area contributed by atoms with Crippen LogP contribution in [0.2, 0.25) is 0 Å². The van der Waals surface area contributed by atoms with Gasteiger partial charge in [0.25, 0.3) is 0 Å². The molecule has 0 fully saturated rings. The smallest absolute Gasteiger partial charge is 0.191 e. The highest BCUT2D eigenvalue weighted by atomic mass is 32.2. The van der Waals surface area contributed by atoms with Crippen LogP contribution in [0.15, 0.2) is 35.3 Å². The minimum atomic E-state index is -0.862. The highest BCUT2D eigenvalue weighted by Crippen LogP contribution is 2.02. The van der Waals surface area contributed by atoms with Crippen molar-refractivity contribution in [2.45, 2.75) is 25.5 Å². The Hall–Kier alpha value is -1.40. The van der Waals surface area contributed by atoms with Crippen LogP contribution in [-0.4, -0.2) is 49.3 Å². The molecule has 0 aliphatic heterocycles. The van der Waals surface area contributed by atoms with Crippen LogP contribution in [0.4, 0.5) is 0 Å². The van der Waals surface area contributed by atoms with E-state index in [1.165, 1.54) is 0 Å². The summed E-state index contributed by atoms with van der Waals surface area (Å²) >= 11 is 0. The summed E-state index contributed by atoms with van der Waals surface area (Å²) in [6, 6.07) is 9.93. The number of hydrogen-bond donors (Lipinski definition) is 2. The first-order chi connectivity index (χ1) is 11.3. The summed E-state index contributed by atoms with van der Waals surface area (Å²) in [7, 11) is 0.884. The Labute approximate surface area is 142 Å². The fourth-order valence-electron chi connectivity index (χ4n) is 2.02. The first kappa shape index (κ1) is 19.6. The summed E-state index contributed by atoms with van der Waals surface area (Å²) in [5.74, 6) is 1.98. The number of nitrogens with zero attached hydrogens (tertiary/aromatic N) is 1. The van der Waals surface area contributed by atoms with Gasteiger partial charge in [0.05, 0.1) is 0 Å². The Morgan fingerprint density at radius 3 is 2.61 bits per heavy atom. The van der Waals surface area contributed by atoms with Crippen LogP contribution in [0.3, 0.4) is 0 Å². The van der Waals surface area contributed by atoms with Gasteiger partial charge in [-0.05, 0) is 25.3 Å². The molecule has 1 aromatic carbocycles. The van der Waals surface area contributed by atoms with Gasteiger partial charge in [-0.3, -0.25) is 9.20 Å². The maximum Gasteiger partial charge on any atom is 0.191 e. The molecule has 1 aromatic rings. The van der Waals surface area contributed by atoms with Crippen molar-refractivity contribution in [3.05, 3.63) is 35.9 Å². The number of hydrogen-bond acceptors (Lipinski definition) is 3. The van der Waals surface area contributed by atoms with Crippen LogP contribution < -0.4 is 10.6 Å². The lowest BCUT2D eigenvalue weighted by Gasteiger charge is -2.11. The van der Waals surface area contributed by atoms with Crippen LogP contribution in [0.1, 0.15) is 25.3 Å². The summed E-state index contributed by atoms with van der Waals surface area (Å²) in [5.41, 5.74) is 1.11. The van der Waals surface area contributed by atoms with E-state index in [4.69, 9.17) is 4.74 Å². The standard InChI is InChI=1S/C17H29N3O2S/c1-3-22-13-8-7-11-19-17(18-2)20-12-14-23(21)15-16-9-5-4-6-10-16/h4-6,9-10H,3,7-8,11-15H2,1-2H3,(H2,18,19,20). The molecule has 23 heavy (non-hydrogen) atoms. The SMILES string of the molecule is CCOCCCCNC(=NC)NCCS(=O)Cc1ccccc1. The molecule has 130 valence electrons. The minimum absolute atomic E-state index is 0.603. The minimum Gasteiger partial charge on any atom is -0.382 e. The van der Waals surface area contributed by atoms with Crippen molar-refractivity contribution < 1.29 is 8.95 Å². The second-order valence-corrected chi connectivity index (χ2v) is 6.68. The number of ether oxygens (including phenoxy) is 1. The van der Waals surface area contributed by atoms with E-state index in [0.29, 0.717) is 18.1 Å². The summed E-state index contributed by atoms with van der Waals surface area (Å²) in [6.07, 6.45) is 2.08. The molecule has 2 N–H and O–H groups in total. The first-order valence-corrected chi connectivity index (χ1v) is 9.66. The summed E-state index contributed by atoms with van der Waals surface area (Å²) in [5, 5.41) is 6.46. The quantitative estimate of drug-likeness (QED) is 0.367. The maximum absolute atomic E-state index is 12.0. The predicted molar refractivity (Wildman–Crippen MR) is 98.2 cm³/mol. The molecular formula is C17H29N3O2S. The van der Waals surface area contributed by atoms with E-state index < -0.39 is 10.8 Å². The van der Waals surface area contributed by atoms with E-state index in [2.05, 4.69) is 15.6 Å². The van der Waals surface area contributed by atoms with Crippen molar-refractivity contribution in [1.82, 2.24) is 10.6 Å². The van der Waals surface area contributed by atoms with Gasteiger partial charge in [0.2, 0.25) is 0 Å². The molecule has 0 saturated heterocycles. The molecule has 0 aromatic heterocycles. The van der Waals surface area contributed by atoms with Gasteiger partial charge in [-0.25, -0.2) is 0 Å². The van der Waals surface area contributed by atoms with Crippen LogP contribution in [-0.2, 0) is 21.3 Å². The van der Waals surface area contributed by atoms with E-state index in [1.807, 2.05) is 37.3 Å². The zero-order valence-electron chi connectivity index (χ0n) is 14.2. The Morgan fingerprint density at radius 1 is 1.17 bits per heavy atom. The summed E-state index contributed by atoms with van der Waals surface area (Å²) in [6.45, 7) is 5.10. The van der Waals surface area contributed by atoms with Crippen molar-refractivity contribution >= 4 is 16.8 Å². The lowest BCUT2D eigenvalue weighted by molar-refractivity contribution is 0.143. The van der Waals surface area contributed by atoms with Gasteiger partial charge in [0, 0.05) is 55.7 Å². The molecule has 6 heteroatoms. The van der Waals surface area contributed by atoms with Crippen molar-refractivity contribution in [1.29, 1.82) is 0 Å². The fourth-order valence-corrected chi connectivity index (χ4v) is 3.05. The molecule has 0 aliphatic rings. The molecule has 0 radical (unpaired) electrons. The zero-order chi connectivity index (χ0) is 16.8. The lowest BCUT2D eigenvalue weighted by Crippen LogP contribution is -2.39. The third-order valence-corrected chi connectivity index (χ3v) is 4.54. The van der Waals surface area contributed by atoms with Gasteiger partial charge in [-0.1, -0.05) is 30.3 Å². The highest BCUT2D eigenvalue weighted by Gasteiger charge is 2.02. The van der Waals surface area contributed by atoms with Gasteiger partial charge >= 0.3 is 0 Å². The van der Waals surface area contributed by atoms with Crippen molar-refractivity contribution in [3.8, 4) is 0 Å². The molecular weight excluding hydrogens is 310 g/mol. The topological polar surface area (TPSA) is 62.7 Å². The molecule has 0 amide bonds. The number of nitrogens with one attached hydrogen (secondary N) is 2. The third kappa shape index (κ3) is 10.1. The van der Waals surface area contributed by atoms with Gasteiger partial charge in [0.1, 0.15) is 0 Å². The molecule has 5 nitrogen and oxygen atoms in total. The van der Waals surface area contributed by atoms with Crippen LogP contribution in [0.5, 0.6) is 0 Å². The number of rotatable bonds is 11. The van der Waals surface area contributed by atoms with E-state index >= 15 is 0 Å². The molecule has 0 bridgehead atoms. The molecule has 0 saturated carbocycles. The predicted octanol–water partition coefficient (Wildman–Crippen LogP) is 1.92. The Bertz CT molecular complexity index is 466. The first-order valence-electron chi connectivity index (χ1n) is 8.17. The van der Waals surface area contributed by atoms with E-state index in [0.717, 1.165) is 44.1 Å². The van der Waals surface area contributed by atoms with Crippen molar-refractivity contribution in [2.75, 3.05) is 39.1 Å². The zero-order valence-corrected chi connectivity index (χ0v) is 15.0. The van der Waals surface area contributed by atoms with Crippen LogP contribution in [0, 0.1) is 0 Å². The van der Waals surface area contributed by atoms with Gasteiger partial charge in [-0.2, -0.15) is 0 Å². The monoisotopic (exact) mass is 339 g/mol. The Morgan fingerprint density at radius 2 is 1.91 bits per heavy atom. The summed E-state index contributed by atoms with van der Waals surface area (Å²) in [4.78, 5) is 4.17. The molecule has 0 heterocycles. The van der Waals surface area contributed by atoms with Gasteiger partial charge in [-0.15, -0.1) is 0 Å². The largest absolute Gasteiger partial charge is 0.382 e. The fraction of sp³-hybridized carbons (Fsp3) is 0.588.